The normalized spacial score (nSPS) is 18.3. The summed E-state index contributed by atoms with van der Waals surface area (Å²) >= 11 is 0. The summed E-state index contributed by atoms with van der Waals surface area (Å²) in [5.41, 5.74) is 5.66. The quantitative estimate of drug-likeness (QED) is 0.723. The van der Waals surface area contributed by atoms with Gasteiger partial charge in [-0.2, -0.15) is 15.0 Å². The van der Waals surface area contributed by atoms with Crippen LogP contribution in [0.5, 0.6) is 0 Å². The van der Waals surface area contributed by atoms with Gasteiger partial charge in [0.05, 0.1) is 28.9 Å². The number of hydrogen-bond acceptors (Lipinski definition) is 4. The van der Waals surface area contributed by atoms with Crippen LogP contribution in [-0.2, 0) is 6.42 Å². The first-order valence-corrected chi connectivity index (χ1v) is 9.19. The van der Waals surface area contributed by atoms with Gasteiger partial charge in [-0.1, -0.05) is 6.07 Å². The molecule has 0 aliphatic heterocycles. The smallest absolute Gasteiger partial charge is 0.432 e. The Morgan fingerprint density at radius 1 is 1.22 bits per heavy atom. The first-order valence-electron chi connectivity index (χ1n) is 9.19. The van der Waals surface area contributed by atoms with Crippen LogP contribution in [0, 0.1) is 11.3 Å². The maximum absolute atomic E-state index is 11.5. The molecule has 134 valence electrons. The number of rotatable bonds is 3. The number of nitriles is 1. The number of benzene rings is 2. The first kappa shape index (κ1) is 15.9. The van der Waals surface area contributed by atoms with Crippen molar-refractivity contribution in [3.8, 4) is 6.07 Å². The Labute approximate surface area is 156 Å². The molecule has 1 aromatic heterocycles. The number of anilines is 1. The van der Waals surface area contributed by atoms with E-state index in [0.29, 0.717) is 17.0 Å². The minimum absolute atomic E-state index is 0.198. The highest BCUT2D eigenvalue weighted by Crippen LogP contribution is 2.43. The van der Waals surface area contributed by atoms with Crippen LogP contribution in [0.3, 0.4) is 0 Å². The summed E-state index contributed by atoms with van der Waals surface area (Å²) < 4.78 is 1.08. The van der Waals surface area contributed by atoms with Crippen LogP contribution >= 0.6 is 0 Å². The molecule has 27 heavy (non-hydrogen) atoms. The zero-order chi connectivity index (χ0) is 18.5. The highest BCUT2D eigenvalue weighted by Gasteiger charge is 2.30. The fourth-order valence-corrected chi connectivity index (χ4v) is 4.07. The van der Waals surface area contributed by atoms with Crippen LogP contribution < -0.4 is 5.32 Å². The van der Waals surface area contributed by atoms with Gasteiger partial charge >= 0.3 is 6.09 Å². The molecular weight excluding hydrogens is 340 g/mol. The Hall–Kier alpha value is -3.33. The maximum atomic E-state index is 11.5. The van der Waals surface area contributed by atoms with Crippen molar-refractivity contribution in [3.05, 3.63) is 58.8 Å². The van der Waals surface area contributed by atoms with Crippen LogP contribution in [0.15, 0.2) is 36.4 Å². The van der Waals surface area contributed by atoms with Gasteiger partial charge in [0.25, 0.3) is 0 Å². The second-order valence-electron chi connectivity index (χ2n) is 7.35. The summed E-state index contributed by atoms with van der Waals surface area (Å²) in [5, 5.41) is 27.3. The molecule has 3 aromatic rings. The molecule has 5 rings (SSSR count). The van der Waals surface area contributed by atoms with Crippen molar-refractivity contribution in [3.63, 3.8) is 0 Å². The maximum Gasteiger partial charge on any atom is 0.432 e. The van der Waals surface area contributed by atoms with Crippen molar-refractivity contribution in [2.24, 2.45) is 0 Å². The number of carboxylic acid groups (broad SMARTS) is 1. The molecule has 0 bridgehead atoms. The lowest BCUT2D eigenvalue weighted by molar-refractivity contribution is 0.194. The Balaban J connectivity index is 1.50. The van der Waals surface area contributed by atoms with E-state index in [0.717, 1.165) is 47.1 Å². The van der Waals surface area contributed by atoms with Gasteiger partial charge in [0.15, 0.2) is 0 Å². The number of aryl methyl sites for hydroxylation is 1. The van der Waals surface area contributed by atoms with Gasteiger partial charge < -0.3 is 10.4 Å². The minimum atomic E-state index is -1.05. The van der Waals surface area contributed by atoms with Gasteiger partial charge in [-0.3, -0.25) is 0 Å². The SMILES string of the molecule is N#Cc1ccc2c(c1)CCC2Nc1ccc2c(c1)c(C1CC1)nn2C(=O)O. The molecule has 2 N–H and O–H groups in total. The van der Waals surface area contributed by atoms with Gasteiger partial charge in [0.1, 0.15) is 0 Å². The summed E-state index contributed by atoms with van der Waals surface area (Å²) in [6.07, 6.45) is 3.02. The average molecular weight is 358 g/mol. The molecule has 2 aliphatic carbocycles. The third-order valence-electron chi connectivity index (χ3n) is 5.54. The largest absolute Gasteiger partial charge is 0.463 e. The Kier molecular flexibility index (Phi) is 3.44. The molecule has 6 heteroatoms. The molecule has 1 saturated carbocycles. The number of aromatic nitrogens is 2. The molecule has 6 nitrogen and oxygen atoms in total. The Morgan fingerprint density at radius 2 is 2.07 bits per heavy atom. The fraction of sp³-hybridized carbons (Fsp3) is 0.286. The van der Waals surface area contributed by atoms with Crippen LogP contribution in [0.1, 0.15) is 53.6 Å². The summed E-state index contributed by atoms with van der Waals surface area (Å²) in [7, 11) is 0. The molecule has 1 fully saturated rings. The van der Waals surface area contributed by atoms with Crippen LogP contribution in [0.4, 0.5) is 10.5 Å². The molecule has 2 aliphatic rings. The zero-order valence-electron chi connectivity index (χ0n) is 14.6. The first-order chi connectivity index (χ1) is 13.1. The molecule has 1 atom stereocenters. The summed E-state index contributed by atoms with van der Waals surface area (Å²) in [6.45, 7) is 0. The van der Waals surface area contributed by atoms with E-state index in [-0.39, 0.29) is 6.04 Å². The number of carbonyl (C=O) groups is 1. The molecule has 0 saturated heterocycles. The van der Waals surface area contributed by atoms with Crippen LogP contribution in [0.2, 0.25) is 0 Å². The van der Waals surface area contributed by atoms with Crippen molar-refractivity contribution >= 4 is 22.7 Å². The average Bonchev–Trinajstić information content (AvgIpc) is 3.34. The van der Waals surface area contributed by atoms with E-state index in [9.17, 15) is 9.90 Å². The number of nitrogens with zero attached hydrogens (tertiary/aromatic N) is 3. The Morgan fingerprint density at radius 3 is 2.81 bits per heavy atom. The number of nitrogens with one attached hydrogen (secondary N) is 1. The third kappa shape index (κ3) is 2.63. The summed E-state index contributed by atoms with van der Waals surface area (Å²) in [6, 6.07) is 14.0. The molecule has 1 heterocycles. The zero-order valence-corrected chi connectivity index (χ0v) is 14.6. The van der Waals surface area contributed by atoms with Crippen LogP contribution in [0.25, 0.3) is 10.9 Å². The third-order valence-corrected chi connectivity index (χ3v) is 5.54. The van der Waals surface area contributed by atoms with Gasteiger partial charge in [-0.05, 0) is 67.1 Å². The molecule has 2 aromatic carbocycles. The molecule has 1 unspecified atom stereocenters. The molecular formula is C21H18N4O2. The van der Waals surface area contributed by atoms with Crippen molar-refractivity contribution in [1.29, 1.82) is 5.26 Å². The lowest BCUT2D eigenvalue weighted by Gasteiger charge is -2.16. The van der Waals surface area contributed by atoms with Gasteiger partial charge in [0, 0.05) is 17.0 Å². The summed E-state index contributed by atoms with van der Waals surface area (Å²) in [5.74, 6) is 0.375. The van der Waals surface area contributed by atoms with E-state index in [2.05, 4.69) is 16.5 Å². The van der Waals surface area contributed by atoms with E-state index in [4.69, 9.17) is 5.26 Å². The van der Waals surface area contributed by atoms with E-state index in [1.807, 2.05) is 36.4 Å². The van der Waals surface area contributed by atoms with E-state index in [1.54, 1.807) is 0 Å². The van der Waals surface area contributed by atoms with Crippen molar-refractivity contribution in [2.45, 2.75) is 37.6 Å². The lowest BCUT2D eigenvalue weighted by Crippen LogP contribution is -2.10. The Bertz CT molecular complexity index is 1120. The second-order valence-corrected chi connectivity index (χ2v) is 7.35. The van der Waals surface area contributed by atoms with Crippen molar-refractivity contribution in [2.75, 3.05) is 5.32 Å². The van der Waals surface area contributed by atoms with Crippen LogP contribution in [-0.4, -0.2) is 21.0 Å². The predicted molar refractivity (Wildman–Crippen MR) is 101 cm³/mol. The minimum Gasteiger partial charge on any atom is -0.463 e. The van der Waals surface area contributed by atoms with Crippen molar-refractivity contribution < 1.29 is 9.90 Å². The second kappa shape index (κ2) is 5.85. The van der Waals surface area contributed by atoms with Gasteiger partial charge in [0.2, 0.25) is 0 Å². The fourth-order valence-electron chi connectivity index (χ4n) is 4.07. The van der Waals surface area contributed by atoms with Gasteiger partial charge in [-0.25, -0.2) is 4.79 Å². The highest BCUT2D eigenvalue weighted by molar-refractivity contribution is 5.92. The number of hydrogen-bond donors (Lipinski definition) is 2. The van der Waals surface area contributed by atoms with Gasteiger partial charge in [-0.15, -0.1) is 0 Å². The standard InChI is InChI=1S/C21H18N4O2/c22-11-12-1-6-16-14(9-12)4-7-18(16)23-15-5-8-19-17(10-15)20(13-2-3-13)24-25(19)21(26)27/h1,5-6,8-10,13,18,23H,2-4,7H2,(H,26,27). The monoisotopic (exact) mass is 358 g/mol. The lowest BCUT2D eigenvalue weighted by atomic mass is 10.0. The highest BCUT2D eigenvalue weighted by atomic mass is 16.4. The number of fused-ring (bicyclic) bond motifs is 2. The predicted octanol–water partition coefficient (Wildman–Crippen LogP) is 4.41. The topological polar surface area (TPSA) is 90.9 Å². The molecule has 0 spiro atoms. The summed E-state index contributed by atoms with van der Waals surface area (Å²) in [4.78, 5) is 11.5. The van der Waals surface area contributed by atoms with E-state index < -0.39 is 6.09 Å². The van der Waals surface area contributed by atoms with E-state index >= 15 is 0 Å². The van der Waals surface area contributed by atoms with Crippen molar-refractivity contribution in [1.82, 2.24) is 9.78 Å². The molecule has 0 radical (unpaired) electrons. The molecule has 0 amide bonds. The van der Waals surface area contributed by atoms with E-state index in [1.165, 1.54) is 11.1 Å².